The molecule has 2 N–H and O–H groups in total. The Kier molecular flexibility index (Phi) is 3.70. The van der Waals surface area contributed by atoms with E-state index in [0.29, 0.717) is 13.1 Å². The van der Waals surface area contributed by atoms with Crippen LogP contribution in [0, 0.1) is 0 Å². The predicted octanol–water partition coefficient (Wildman–Crippen LogP) is -1.27. The van der Waals surface area contributed by atoms with Gasteiger partial charge in [0.15, 0.2) is 9.84 Å². The van der Waals surface area contributed by atoms with E-state index in [1.54, 1.807) is 0 Å². The van der Waals surface area contributed by atoms with Crippen LogP contribution in [0.4, 0.5) is 4.79 Å². The first-order chi connectivity index (χ1) is 6.56. The van der Waals surface area contributed by atoms with Gasteiger partial charge in [-0.1, -0.05) is 0 Å². The molecule has 1 saturated heterocycles. The van der Waals surface area contributed by atoms with Crippen molar-refractivity contribution >= 4 is 15.9 Å². The summed E-state index contributed by atoms with van der Waals surface area (Å²) >= 11 is 0. The van der Waals surface area contributed by atoms with Crippen molar-refractivity contribution in [3.05, 3.63) is 0 Å². The van der Waals surface area contributed by atoms with Crippen LogP contribution < -0.4 is 10.6 Å². The number of hydrogen-bond acceptors (Lipinski definition) is 5. The number of rotatable bonds is 2. The Bertz CT molecular complexity index is 301. The molecule has 1 aliphatic rings. The molecule has 1 heterocycles. The molecule has 0 aliphatic carbocycles. The molecule has 82 valence electrons. The fourth-order valence-corrected chi connectivity index (χ4v) is 2.71. The Hall–Kier alpha value is -0.820. The zero-order chi connectivity index (χ0) is 10.6. The average Bonchev–Trinajstić information content (AvgIpc) is 2.15. The molecule has 1 rings (SSSR count). The topological polar surface area (TPSA) is 84.5 Å². The summed E-state index contributed by atoms with van der Waals surface area (Å²) in [5.41, 5.74) is 0. The molecule has 6 nitrogen and oxygen atoms in total. The predicted molar refractivity (Wildman–Crippen MR) is 50.9 cm³/mol. The lowest BCUT2D eigenvalue weighted by molar-refractivity contribution is 0.171. The van der Waals surface area contributed by atoms with E-state index in [0.717, 1.165) is 0 Å². The van der Waals surface area contributed by atoms with Crippen LogP contribution in [0.15, 0.2) is 0 Å². The van der Waals surface area contributed by atoms with Crippen molar-refractivity contribution in [3.63, 3.8) is 0 Å². The second-order valence-corrected chi connectivity index (χ2v) is 5.47. The molecule has 1 aliphatic heterocycles. The van der Waals surface area contributed by atoms with Crippen molar-refractivity contribution in [1.82, 2.24) is 10.6 Å². The van der Waals surface area contributed by atoms with Crippen molar-refractivity contribution in [2.75, 3.05) is 32.5 Å². The van der Waals surface area contributed by atoms with Gasteiger partial charge in [0.25, 0.3) is 0 Å². The van der Waals surface area contributed by atoms with Crippen LogP contribution in [-0.4, -0.2) is 52.3 Å². The zero-order valence-corrected chi connectivity index (χ0v) is 8.76. The highest BCUT2D eigenvalue weighted by atomic mass is 32.2. The van der Waals surface area contributed by atoms with Gasteiger partial charge in [0.05, 0.1) is 18.1 Å². The molecule has 1 unspecified atom stereocenters. The summed E-state index contributed by atoms with van der Waals surface area (Å²) in [4.78, 5) is 10.7. The minimum absolute atomic E-state index is 0.0992. The molecule has 0 aromatic carbocycles. The molecule has 0 saturated carbocycles. The third-order valence-electron chi connectivity index (χ3n) is 2.10. The van der Waals surface area contributed by atoms with E-state index in [1.807, 2.05) is 0 Å². The van der Waals surface area contributed by atoms with E-state index in [9.17, 15) is 13.2 Å². The van der Waals surface area contributed by atoms with Crippen molar-refractivity contribution in [2.24, 2.45) is 0 Å². The fourth-order valence-electron chi connectivity index (χ4n) is 1.24. The smallest absolute Gasteiger partial charge is 0.406 e. The summed E-state index contributed by atoms with van der Waals surface area (Å²) in [5, 5.41) is 4.79. The molecule has 1 atom stereocenters. The van der Waals surface area contributed by atoms with Crippen LogP contribution in [0.5, 0.6) is 0 Å². The molecule has 0 radical (unpaired) electrons. The van der Waals surface area contributed by atoms with Gasteiger partial charge in [-0.05, 0) is 0 Å². The summed E-state index contributed by atoms with van der Waals surface area (Å²) in [6.07, 6.45) is -0.606. The first-order valence-electron chi connectivity index (χ1n) is 4.30. The molecule has 1 fully saturated rings. The van der Waals surface area contributed by atoms with Crippen molar-refractivity contribution < 1.29 is 17.9 Å². The van der Waals surface area contributed by atoms with Crippen LogP contribution in [0.3, 0.4) is 0 Å². The van der Waals surface area contributed by atoms with Crippen LogP contribution in [0.25, 0.3) is 0 Å². The third kappa shape index (κ3) is 2.85. The standard InChI is InChI=1S/C7H14N2O4S/c1-13-7(10)9-5-6-4-8-2-3-14(6,11)12/h6,8H,2-5H2,1H3,(H,9,10). The van der Waals surface area contributed by atoms with E-state index < -0.39 is 21.2 Å². The largest absolute Gasteiger partial charge is 0.453 e. The van der Waals surface area contributed by atoms with E-state index in [4.69, 9.17) is 0 Å². The lowest BCUT2D eigenvalue weighted by Gasteiger charge is -2.22. The summed E-state index contributed by atoms with van der Waals surface area (Å²) in [6, 6.07) is 0. The molecule has 0 aromatic rings. The summed E-state index contributed by atoms with van der Waals surface area (Å²) < 4.78 is 27.2. The highest BCUT2D eigenvalue weighted by Gasteiger charge is 2.28. The van der Waals surface area contributed by atoms with E-state index in [-0.39, 0.29) is 12.3 Å². The van der Waals surface area contributed by atoms with Crippen LogP contribution in [0.2, 0.25) is 0 Å². The van der Waals surface area contributed by atoms with Gasteiger partial charge in [0.2, 0.25) is 0 Å². The maximum Gasteiger partial charge on any atom is 0.406 e. The number of alkyl carbamates (subject to hydrolysis) is 1. The number of sulfone groups is 1. The van der Waals surface area contributed by atoms with Gasteiger partial charge < -0.3 is 15.4 Å². The summed E-state index contributed by atoms with van der Waals surface area (Å²) in [6.45, 7) is 0.964. The van der Waals surface area contributed by atoms with E-state index in [2.05, 4.69) is 15.4 Å². The normalized spacial score (nSPS) is 25.4. The fraction of sp³-hybridized carbons (Fsp3) is 0.857. The van der Waals surface area contributed by atoms with Gasteiger partial charge in [0.1, 0.15) is 0 Å². The Balaban J connectivity index is 2.46. The quantitative estimate of drug-likeness (QED) is 0.608. The lowest BCUT2D eigenvalue weighted by Crippen LogP contribution is -2.49. The number of carbonyl (C=O) groups excluding carboxylic acids is 1. The molecule has 1 amide bonds. The van der Waals surface area contributed by atoms with Gasteiger partial charge in [0, 0.05) is 19.6 Å². The van der Waals surface area contributed by atoms with Gasteiger partial charge in [-0.15, -0.1) is 0 Å². The molecule has 7 heteroatoms. The number of carbonyl (C=O) groups is 1. The van der Waals surface area contributed by atoms with Crippen LogP contribution in [0.1, 0.15) is 0 Å². The highest BCUT2D eigenvalue weighted by molar-refractivity contribution is 7.92. The van der Waals surface area contributed by atoms with Gasteiger partial charge in [-0.3, -0.25) is 0 Å². The minimum Gasteiger partial charge on any atom is -0.453 e. The first kappa shape index (κ1) is 11.3. The molecular weight excluding hydrogens is 208 g/mol. The summed E-state index contributed by atoms with van der Waals surface area (Å²) in [5.74, 6) is 0.126. The molecule has 0 spiro atoms. The Morgan fingerprint density at radius 3 is 2.93 bits per heavy atom. The van der Waals surface area contributed by atoms with E-state index in [1.165, 1.54) is 7.11 Å². The highest BCUT2D eigenvalue weighted by Crippen LogP contribution is 2.04. The monoisotopic (exact) mass is 222 g/mol. The molecule has 0 aromatic heterocycles. The number of methoxy groups -OCH3 is 1. The number of ether oxygens (including phenoxy) is 1. The first-order valence-corrected chi connectivity index (χ1v) is 6.02. The maximum absolute atomic E-state index is 11.5. The zero-order valence-electron chi connectivity index (χ0n) is 7.95. The Morgan fingerprint density at radius 2 is 2.36 bits per heavy atom. The second kappa shape index (κ2) is 4.61. The molecular formula is C7H14N2O4S. The van der Waals surface area contributed by atoms with Gasteiger partial charge >= 0.3 is 6.09 Å². The van der Waals surface area contributed by atoms with Crippen LogP contribution >= 0.6 is 0 Å². The van der Waals surface area contributed by atoms with Crippen molar-refractivity contribution in [2.45, 2.75) is 5.25 Å². The third-order valence-corrected chi connectivity index (χ3v) is 4.22. The number of hydrogen-bond donors (Lipinski definition) is 2. The molecule has 14 heavy (non-hydrogen) atoms. The van der Waals surface area contributed by atoms with Crippen molar-refractivity contribution in [3.8, 4) is 0 Å². The van der Waals surface area contributed by atoms with Crippen LogP contribution in [-0.2, 0) is 14.6 Å². The Morgan fingerprint density at radius 1 is 1.64 bits per heavy atom. The van der Waals surface area contributed by atoms with Gasteiger partial charge in [-0.2, -0.15) is 0 Å². The lowest BCUT2D eigenvalue weighted by atomic mass is 10.4. The number of amides is 1. The molecule has 0 bridgehead atoms. The SMILES string of the molecule is COC(=O)NCC1CNCCS1(=O)=O. The van der Waals surface area contributed by atoms with E-state index >= 15 is 0 Å². The number of nitrogens with one attached hydrogen (secondary N) is 2. The average molecular weight is 222 g/mol. The van der Waals surface area contributed by atoms with Gasteiger partial charge in [-0.25, -0.2) is 13.2 Å². The maximum atomic E-state index is 11.5. The van der Waals surface area contributed by atoms with Crippen molar-refractivity contribution in [1.29, 1.82) is 0 Å². The summed E-state index contributed by atoms with van der Waals surface area (Å²) in [7, 11) is -1.82. The second-order valence-electron chi connectivity index (χ2n) is 3.07. The minimum atomic E-state index is -3.06. The Labute approximate surface area is 82.9 Å².